The van der Waals surface area contributed by atoms with E-state index in [1.165, 1.54) is 11.8 Å². The fourth-order valence-electron chi connectivity index (χ4n) is 2.84. The van der Waals surface area contributed by atoms with Gasteiger partial charge in [-0.05, 0) is 29.1 Å². The Morgan fingerprint density at radius 1 is 1.03 bits per heavy atom. The molecule has 0 fully saturated rings. The molecule has 4 aromatic heterocycles. The molecule has 4 heterocycles. The standard InChI is InChI=1S/C20H15N5O2S2/c1-2-5-14(6-3-1)11-25-18(16-7-4-9-26-16)22-23-20(25)29-13-17-21-19(27-24-17)15-8-10-28-12-15/h1-10,12H,11,13H2. The fourth-order valence-corrected chi connectivity index (χ4v) is 4.25. The molecule has 0 spiro atoms. The number of rotatable bonds is 7. The molecule has 0 unspecified atom stereocenters. The number of nitrogens with zero attached hydrogens (tertiary/aromatic N) is 5. The number of hydrogen-bond donors (Lipinski definition) is 0. The van der Waals surface area contributed by atoms with Gasteiger partial charge in [0.2, 0.25) is 5.82 Å². The van der Waals surface area contributed by atoms with Crippen LogP contribution in [0.1, 0.15) is 11.4 Å². The van der Waals surface area contributed by atoms with Crippen LogP contribution in [0.15, 0.2) is 79.7 Å². The number of thiophene rings is 1. The Balaban J connectivity index is 1.39. The molecule has 0 saturated heterocycles. The second kappa shape index (κ2) is 8.06. The van der Waals surface area contributed by atoms with Crippen molar-refractivity contribution < 1.29 is 8.94 Å². The minimum atomic E-state index is 0.527. The minimum absolute atomic E-state index is 0.527. The number of furan rings is 1. The predicted octanol–water partition coefficient (Wildman–Crippen LogP) is 4.99. The molecule has 1 aromatic carbocycles. The lowest BCUT2D eigenvalue weighted by Crippen LogP contribution is -2.04. The third kappa shape index (κ3) is 3.87. The summed E-state index contributed by atoms with van der Waals surface area (Å²) in [5.41, 5.74) is 2.09. The van der Waals surface area contributed by atoms with E-state index in [1.807, 2.05) is 51.7 Å². The summed E-state index contributed by atoms with van der Waals surface area (Å²) >= 11 is 3.11. The van der Waals surface area contributed by atoms with Crippen LogP contribution in [0.5, 0.6) is 0 Å². The molecule has 5 rings (SSSR count). The van der Waals surface area contributed by atoms with Crippen LogP contribution in [0, 0.1) is 0 Å². The van der Waals surface area contributed by atoms with Crippen LogP contribution >= 0.6 is 23.1 Å². The van der Waals surface area contributed by atoms with Crippen LogP contribution in [0.25, 0.3) is 23.0 Å². The van der Waals surface area contributed by atoms with E-state index in [0.717, 1.165) is 16.3 Å². The topological polar surface area (TPSA) is 82.8 Å². The van der Waals surface area contributed by atoms with Gasteiger partial charge in [0, 0.05) is 5.38 Å². The van der Waals surface area contributed by atoms with E-state index in [1.54, 1.807) is 17.6 Å². The summed E-state index contributed by atoms with van der Waals surface area (Å²) in [6.07, 6.45) is 1.63. The van der Waals surface area contributed by atoms with Crippen molar-refractivity contribution in [2.75, 3.05) is 0 Å². The first-order valence-corrected chi connectivity index (χ1v) is 10.8. The van der Waals surface area contributed by atoms with Gasteiger partial charge in [-0.2, -0.15) is 16.3 Å². The number of thioether (sulfide) groups is 1. The van der Waals surface area contributed by atoms with Gasteiger partial charge in [0.1, 0.15) is 0 Å². The summed E-state index contributed by atoms with van der Waals surface area (Å²) in [5, 5.41) is 17.5. The zero-order valence-electron chi connectivity index (χ0n) is 15.1. The normalized spacial score (nSPS) is 11.2. The summed E-state index contributed by atoms with van der Waals surface area (Å²) < 4.78 is 12.9. The third-order valence-corrected chi connectivity index (χ3v) is 5.85. The molecule has 9 heteroatoms. The first kappa shape index (κ1) is 17.9. The molecule has 144 valence electrons. The Labute approximate surface area is 174 Å². The summed E-state index contributed by atoms with van der Waals surface area (Å²) in [5.74, 6) is 3.04. The largest absolute Gasteiger partial charge is 0.461 e. The highest BCUT2D eigenvalue weighted by Crippen LogP contribution is 2.28. The highest BCUT2D eigenvalue weighted by molar-refractivity contribution is 7.98. The van der Waals surface area contributed by atoms with E-state index in [9.17, 15) is 0 Å². The molecule has 0 bridgehead atoms. The van der Waals surface area contributed by atoms with E-state index < -0.39 is 0 Å². The van der Waals surface area contributed by atoms with Crippen LogP contribution in [0.4, 0.5) is 0 Å². The highest BCUT2D eigenvalue weighted by Gasteiger charge is 2.18. The Morgan fingerprint density at radius 3 is 2.76 bits per heavy atom. The van der Waals surface area contributed by atoms with Gasteiger partial charge >= 0.3 is 0 Å². The Hall–Kier alpha value is -3.17. The van der Waals surface area contributed by atoms with Gasteiger partial charge in [0.15, 0.2) is 16.7 Å². The van der Waals surface area contributed by atoms with Crippen molar-refractivity contribution in [3.63, 3.8) is 0 Å². The summed E-state index contributed by atoms with van der Waals surface area (Å²) in [4.78, 5) is 4.47. The van der Waals surface area contributed by atoms with Crippen LogP contribution < -0.4 is 0 Å². The molecule has 0 aliphatic rings. The first-order valence-electron chi connectivity index (χ1n) is 8.86. The molecule has 0 amide bonds. The van der Waals surface area contributed by atoms with Gasteiger partial charge < -0.3 is 8.94 Å². The molecule has 0 aliphatic heterocycles. The maximum Gasteiger partial charge on any atom is 0.258 e. The van der Waals surface area contributed by atoms with Gasteiger partial charge in [-0.25, -0.2) is 0 Å². The number of benzene rings is 1. The van der Waals surface area contributed by atoms with E-state index in [2.05, 4.69) is 32.5 Å². The van der Waals surface area contributed by atoms with Gasteiger partial charge in [-0.15, -0.1) is 10.2 Å². The molecule has 0 saturated carbocycles. The van der Waals surface area contributed by atoms with Gasteiger partial charge in [0.05, 0.1) is 24.1 Å². The lowest BCUT2D eigenvalue weighted by Gasteiger charge is -2.08. The van der Waals surface area contributed by atoms with Crippen molar-refractivity contribution in [3.8, 4) is 23.0 Å². The third-order valence-electron chi connectivity index (χ3n) is 4.21. The number of hydrogen-bond acceptors (Lipinski definition) is 8. The Kier molecular flexibility index (Phi) is 4.97. The van der Waals surface area contributed by atoms with Crippen molar-refractivity contribution in [1.82, 2.24) is 24.9 Å². The lowest BCUT2D eigenvalue weighted by molar-refractivity contribution is 0.425. The second-order valence-electron chi connectivity index (χ2n) is 6.17. The summed E-state index contributed by atoms with van der Waals surface area (Å²) in [7, 11) is 0. The fraction of sp³-hybridized carbons (Fsp3) is 0.100. The van der Waals surface area contributed by atoms with Crippen LogP contribution in [-0.2, 0) is 12.3 Å². The highest BCUT2D eigenvalue weighted by atomic mass is 32.2. The Bertz CT molecular complexity index is 1180. The van der Waals surface area contributed by atoms with Crippen LogP contribution in [-0.4, -0.2) is 24.9 Å². The smallest absolute Gasteiger partial charge is 0.258 e. The molecule has 0 atom stereocenters. The zero-order valence-corrected chi connectivity index (χ0v) is 16.8. The van der Waals surface area contributed by atoms with E-state index in [-0.39, 0.29) is 0 Å². The van der Waals surface area contributed by atoms with Crippen molar-refractivity contribution in [1.29, 1.82) is 0 Å². The average molecular weight is 422 g/mol. The van der Waals surface area contributed by atoms with Crippen molar-refractivity contribution in [3.05, 3.63) is 76.9 Å². The molecular weight excluding hydrogens is 406 g/mol. The molecular formula is C20H15N5O2S2. The average Bonchev–Trinajstić information content (AvgIpc) is 3.54. The van der Waals surface area contributed by atoms with E-state index in [0.29, 0.717) is 35.6 Å². The zero-order chi connectivity index (χ0) is 19.5. The van der Waals surface area contributed by atoms with E-state index >= 15 is 0 Å². The molecule has 29 heavy (non-hydrogen) atoms. The van der Waals surface area contributed by atoms with E-state index in [4.69, 9.17) is 8.94 Å². The van der Waals surface area contributed by atoms with Gasteiger partial charge in [-0.1, -0.05) is 47.3 Å². The molecule has 0 N–H and O–H groups in total. The quantitative estimate of drug-likeness (QED) is 0.342. The molecule has 0 radical (unpaired) electrons. The second-order valence-corrected chi connectivity index (χ2v) is 7.89. The SMILES string of the molecule is c1ccc(Cn2c(SCc3noc(-c4ccsc4)n3)nnc2-c2ccco2)cc1. The summed E-state index contributed by atoms with van der Waals surface area (Å²) in [6, 6.07) is 15.9. The van der Waals surface area contributed by atoms with Crippen molar-refractivity contribution in [2.24, 2.45) is 0 Å². The maximum atomic E-state index is 5.55. The van der Waals surface area contributed by atoms with Crippen LogP contribution in [0.2, 0.25) is 0 Å². The minimum Gasteiger partial charge on any atom is -0.461 e. The summed E-state index contributed by atoms with van der Waals surface area (Å²) in [6.45, 7) is 0.638. The number of aromatic nitrogens is 5. The van der Waals surface area contributed by atoms with Gasteiger partial charge in [0.25, 0.3) is 5.89 Å². The molecule has 0 aliphatic carbocycles. The molecule has 5 aromatic rings. The predicted molar refractivity (Wildman–Crippen MR) is 110 cm³/mol. The molecule has 7 nitrogen and oxygen atoms in total. The Morgan fingerprint density at radius 2 is 1.97 bits per heavy atom. The monoisotopic (exact) mass is 421 g/mol. The van der Waals surface area contributed by atoms with Crippen molar-refractivity contribution in [2.45, 2.75) is 17.5 Å². The lowest BCUT2D eigenvalue weighted by atomic mass is 10.2. The van der Waals surface area contributed by atoms with Gasteiger partial charge in [-0.3, -0.25) is 4.57 Å². The van der Waals surface area contributed by atoms with Crippen molar-refractivity contribution >= 4 is 23.1 Å². The van der Waals surface area contributed by atoms with Crippen LogP contribution in [0.3, 0.4) is 0 Å². The maximum absolute atomic E-state index is 5.55. The first-order chi connectivity index (χ1) is 14.4.